The van der Waals surface area contributed by atoms with Crippen molar-refractivity contribution in [2.45, 2.75) is 18.2 Å². The predicted octanol–water partition coefficient (Wildman–Crippen LogP) is -0.508. The quantitative estimate of drug-likeness (QED) is 0.493. The number of sulfonamides is 1. The molecule has 0 saturated heterocycles. The van der Waals surface area contributed by atoms with E-state index < -0.39 is 34.5 Å². The third-order valence-electron chi connectivity index (χ3n) is 2.69. The molecule has 0 aromatic heterocycles. The van der Waals surface area contributed by atoms with Crippen molar-refractivity contribution in [3.63, 3.8) is 0 Å². The second kappa shape index (κ2) is 9.59. The number of carbonyl (C=O) groups excluding carboxylic acids is 3. The normalized spacial score (nSPS) is 10.8. The van der Waals surface area contributed by atoms with Crippen molar-refractivity contribution in [3.05, 3.63) is 24.3 Å². The first-order valence-corrected chi connectivity index (χ1v) is 8.70. The van der Waals surface area contributed by atoms with E-state index in [2.05, 4.69) is 9.46 Å². The molecule has 0 spiro atoms. The summed E-state index contributed by atoms with van der Waals surface area (Å²) in [6, 6.07) is 4.72. The van der Waals surface area contributed by atoms with Gasteiger partial charge in [-0.3, -0.25) is 14.9 Å². The molecule has 1 aromatic rings. The molecule has 25 heavy (non-hydrogen) atoms. The lowest BCUT2D eigenvalue weighted by Crippen LogP contribution is -2.38. The zero-order valence-corrected chi connectivity index (χ0v) is 14.3. The van der Waals surface area contributed by atoms with Crippen molar-refractivity contribution in [3.8, 4) is 5.75 Å². The SMILES string of the molecule is CCOc1ccc(S(=O)(=O)NCCC(=O)OCC(=O)NC(N)=O)cc1. The van der Waals surface area contributed by atoms with E-state index in [0.29, 0.717) is 12.4 Å². The highest BCUT2D eigenvalue weighted by Crippen LogP contribution is 2.15. The highest BCUT2D eigenvalue weighted by atomic mass is 32.2. The Bertz CT molecular complexity index is 716. The van der Waals surface area contributed by atoms with Gasteiger partial charge in [-0.05, 0) is 31.2 Å². The van der Waals surface area contributed by atoms with E-state index in [1.54, 1.807) is 5.32 Å². The molecule has 4 N–H and O–H groups in total. The summed E-state index contributed by atoms with van der Waals surface area (Å²) in [7, 11) is -3.79. The minimum absolute atomic E-state index is 0.0187. The molecule has 0 saturated carbocycles. The maximum Gasteiger partial charge on any atom is 0.318 e. The van der Waals surface area contributed by atoms with Crippen LogP contribution >= 0.6 is 0 Å². The number of urea groups is 1. The zero-order valence-electron chi connectivity index (χ0n) is 13.5. The molecular weight excluding hydrogens is 354 g/mol. The first-order chi connectivity index (χ1) is 11.7. The van der Waals surface area contributed by atoms with Gasteiger partial charge in [0.25, 0.3) is 5.91 Å². The smallest absolute Gasteiger partial charge is 0.318 e. The summed E-state index contributed by atoms with van der Waals surface area (Å²) < 4.78 is 36.1. The van der Waals surface area contributed by atoms with Gasteiger partial charge in [0, 0.05) is 6.54 Å². The van der Waals surface area contributed by atoms with Crippen LogP contribution in [0.4, 0.5) is 4.79 Å². The third kappa shape index (κ3) is 7.63. The fourth-order valence-electron chi connectivity index (χ4n) is 1.64. The van der Waals surface area contributed by atoms with E-state index >= 15 is 0 Å². The van der Waals surface area contributed by atoms with Gasteiger partial charge >= 0.3 is 12.0 Å². The lowest BCUT2D eigenvalue weighted by atomic mass is 10.3. The van der Waals surface area contributed by atoms with Crippen LogP contribution in [0.3, 0.4) is 0 Å². The minimum atomic E-state index is -3.79. The Kier molecular flexibility index (Phi) is 7.82. The second-order valence-corrected chi connectivity index (χ2v) is 6.39. The lowest BCUT2D eigenvalue weighted by Gasteiger charge is -2.08. The number of nitrogens with two attached hydrogens (primary N) is 1. The maximum atomic E-state index is 12.1. The van der Waals surface area contributed by atoms with E-state index in [9.17, 15) is 22.8 Å². The standard InChI is InChI=1S/C14H19N3O7S/c1-2-23-10-3-5-11(6-4-10)25(21,22)16-8-7-13(19)24-9-12(18)17-14(15)20/h3-6,16H,2,7-9H2,1H3,(H3,15,17,18,20). The van der Waals surface area contributed by atoms with Crippen LogP contribution < -0.4 is 20.5 Å². The zero-order chi connectivity index (χ0) is 18.9. The largest absolute Gasteiger partial charge is 0.494 e. The number of hydrogen-bond donors (Lipinski definition) is 3. The number of rotatable bonds is 9. The number of benzene rings is 1. The summed E-state index contributed by atoms with van der Waals surface area (Å²) in [6.45, 7) is 1.37. The molecule has 0 radical (unpaired) electrons. The van der Waals surface area contributed by atoms with Crippen molar-refractivity contribution < 1.29 is 32.3 Å². The first-order valence-electron chi connectivity index (χ1n) is 7.22. The van der Waals surface area contributed by atoms with Crippen LogP contribution in [0.5, 0.6) is 5.75 Å². The maximum absolute atomic E-state index is 12.1. The summed E-state index contributed by atoms with van der Waals surface area (Å²) in [5, 5.41) is 1.71. The van der Waals surface area contributed by atoms with Crippen LogP contribution in [0, 0.1) is 0 Å². The Balaban J connectivity index is 2.42. The molecule has 0 atom stereocenters. The molecule has 0 fully saturated rings. The topological polar surface area (TPSA) is 154 Å². The van der Waals surface area contributed by atoms with Crippen LogP contribution in [0.15, 0.2) is 29.2 Å². The Labute approximate surface area is 144 Å². The van der Waals surface area contributed by atoms with Gasteiger partial charge in [0.1, 0.15) is 5.75 Å². The van der Waals surface area contributed by atoms with Crippen molar-refractivity contribution in [2.75, 3.05) is 19.8 Å². The van der Waals surface area contributed by atoms with Gasteiger partial charge in [0.2, 0.25) is 10.0 Å². The van der Waals surface area contributed by atoms with E-state index in [1.807, 2.05) is 6.92 Å². The van der Waals surface area contributed by atoms with Crippen LogP contribution in [-0.4, -0.2) is 46.1 Å². The number of imide groups is 1. The van der Waals surface area contributed by atoms with Crippen molar-refractivity contribution >= 4 is 27.9 Å². The molecule has 0 unspecified atom stereocenters. The van der Waals surface area contributed by atoms with E-state index in [0.717, 1.165) is 0 Å². The number of hydrogen-bond acceptors (Lipinski definition) is 7. The van der Waals surface area contributed by atoms with Crippen LogP contribution in [0.1, 0.15) is 13.3 Å². The predicted molar refractivity (Wildman–Crippen MR) is 86.1 cm³/mol. The molecule has 10 nitrogen and oxygen atoms in total. The molecule has 0 aliphatic carbocycles. The monoisotopic (exact) mass is 373 g/mol. The molecule has 0 aliphatic rings. The fraction of sp³-hybridized carbons (Fsp3) is 0.357. The van der Waals surface area contributed by atoms with Gasteiger partial charge in [0.15, 0.2) is 6.61 Å². The van der Waals surface area contributed by atoms with Crippen LogP contribution in [0.2, 0.25) is 0 Å². The number of nitrogens with one attached hydrogen (secondary N) is 2. The van der Waals surface area contributed by atoms with Gasteiger partial charge in [-0.25, -0.2) is 17.9 Å². The number of amides is 3. The summed E-state index contributed by atoms with van der Waals surface area (Å²) >= 11 is 0. The third-order valence-corrected chi connectivity index (χ3v) is 4.17. The molecular formula is C14H19N3O7S. The second-order valence-electron chi connectivity index (χ2n) is 4.63. The van der Waals surface area contributed by atoms with Crippen molar-refractivity contribution in [2.24, 2.45) is 5.73 Å². The van der Waals surface area contributed by atoms with Crippen molar-refractivity contribution in [1.29, 1.82) is 0 Å². The van der Waals surface area contributed by atoms with E-state index in [1.165, 1.54) is 24.3 Å². The highest BCUT2D eigenvalue weighted by molar-refractivity contribution is 7.89. The Morgan fingerprint density at radius 1 is 1.16 bits per heavy atom. The van der Waals surface area contributed by atoms with Gasteiger partial charge in [-0.1, -0.05) is 0 Å². The molecule has 1 rings (SSSR count). The molecule has 3 amide bonds. The number of esters is 1. The van der Waals surface area contributed by atoms with E-state index in [4.69, 9.17) is 10.5 Å². The van der Waals surface area contributed by atoms with Gasteiger partial charge < -0.3 is 15.2 Å². The number of carbonyl (C=O) groups is 3. The van der Waals surface area contributed by atoms with Gasteiger partial charge in [-0.15, -0.1) is 0 Å². The number of primary amides is 1. The molecule has 0 heterocycles. The fourth-order valence-corrected chi connectivity index (χ4v) is 2.68. The van der Waals surface area contributed by atoms with Gasteiger partial charge in [-0.2, -0.15) is 0 Å². The summed E-state index contributed by atoms with van der Waals surface area (Å²) in [5.41, 5.74) is 4.71. The Morgan fingerprint density at radius 2 is 1.80 bits per heavy atom. The van der Waals surface area contributed by atoms with Crippen LogP contribution in [-0.2, 0) is 24.3 Å². The summed E-state index contributed by atoms with van der Waals surface area (Å²) in [5.74, 6) is -1.15. The average Bonchev–Trinajstić information content (AvgIpc) is 2.53. The Morgan fingerprint density at radius 3 is 2.36 bits per heavy atom. The van der Waals surface area contributed by atoms with Crippen molar-refractivity contribution in [1.82, 2.24) is 10.0 Å². The molecule has 0 bridgehead atoms. The minimum Gasteiger partial charge on any atom is -0.494 e. The molecule has 138 valence electrons. The summed E-state index contributed by atoms with van der Waals surface area (Å²) in [4.78, 5) is 32.9. The van der Waals surface area contributed by atoms with Crippen LogP contribution in [0.25, 0.3) is 0 Å². The first kappa shape index (κ1) is 20.4. The molecule has 11 heteroatoms. The average molecular weight is 373 g/mol. The lowest BCUT2D eigenvalue weighted by molar-refractivity contribution is -0.148. The van der Waals surface area contributed by atoms with E-state index in [-0.39, 0.29) is 17.9 Å². The summed E-state index contributed by atoms with van der Waals surface area (Å²) in [6.07, 6.45) is -0.292. The highest BCUT2D eigenvalue weighted by Gasteiger charge is 2.15. The molecule has 1 aromatic carbocycles. The van der Waals surface area contributed by atoms with Gasteiger partial charge in [0.05, 0.1) is 17.9 Å². The Hall–Kier alpha value is -2.66. The molecule has 0 aliphatic heterocycles. The number of ether oxygens (including phenoxy) is 2.